The molecule has 0 radical (unpaired) electrons. The summed E-state index contributed by atoms with van der Waals surface area (Å²) in [7, 11) is -4.87. The number of hydrogen-bond donors (Lipinski definition) is 0. The minimum atomic E-state index is -4.87. The first-order valence-electron chi connectivity index (χ1n) is 5.98. The van der Waals surface area contributed by atoms with E-state index in [1.807, 2.05) is 30.3 Å². The first-order valence-corrected chi connectivity index (χ1v) is 7.34. The summed E-state index contributed by atoms with van der Waals surface area (Å²) in [6.07, 6.45) is 0. The molecule has 0 spiro atoms. The molecule has 0 saturated heterocycles. The molecule has 0 amide bonds. The van der Waals surface area contributed by atoms with Gasteiger partial charge < -0.3 is 4.18 Å². The van der Waals surface area contributed by atoms with Gasteiger partial charge in [-0.2, -0.15) is 0 Å². The topological polar surface area (TPSA) is 86.5 Å². The quantitative estimate of drug-likeness (QED) is 0.422. The number of rotatable bonds is 3. The molecule has 21 heavy (non-hydrogen) atoms. The van der Waals surface area contributed by atoms with E-state index in [0.29, 0.717) is 5.39 Å². The second kappa shape index (κ2) is 4.71. The number of fused-ring (bicyclic) bond motifs is 2. The van der Waals surface area contributed by atoms with Crippen LogP contribution in [0.5, 0.6) is 5.75 Å². The van der Waals surface area contributed by atoms with E-state index in [4.69, 9.17) is 0 Å². The predicted octanol–water partition coefficient (Wildman–Crippen LogP) is 2.89. The molecule has 0 heterocycles. The van der Waals surface area contributed by atoms with Gasteiger partial charge in [-0.3, -0.25) is 0 Å². The van der Waals surface area contributed by atoms with Crippen molar-refractivity contribution in [3.8, 4) is 5.75 Å². The van der Waals surface area contributed by atoms with E-state index in [9.17, 15) is 18.5 Å². The van der Waals surface area contributed by atoms with Crippen molar-refractivity contribution in [1.82, 2.24) is 0 Å². The average Bonchev–Trinajstić information content (AvgIpc) is 2.45. The largest absolute Gasteiger partial charge is 0.617 e. The average molecular weight is 303 g/mol. The minimum absolute atomic E-state index is 0.0602. The van der Waals surface area contributed by atoms with Crippen LogP contribution in [0.25, 0.3) is 21.5 Å². The van der Waals surface area contributed by atoms with Crippen molar-refractivity contribution in [3.05, 3.63) is 64.7 Å². The molecule has 3 aromatic carbocycles. The van der Waals surface area contributed by atoms with Gasteiger partial charge in [-0.1, -0.05) is 36.4 Å². The lowest BCUT2D eigenvalue weighted by Gasteiger charge is -2.06. The van der Waals surface area contributed by atoms with Gasteiger partial charge in [-0.05, 0) is 34.4 Å². The lowest BCUT2D eigenvalue weighted by Crippen LogP contribution is -2.18. The molecule has 3 rings (SSSR count). The van der Waals surface area contributed by atoms with E-state index >= 15 is 0 Å². The Balaban J connectivity index is 2.24. The van der Waals surface area contributed by atoms with Crippen molar-refractivity contribution >= 4 is 31.8 Å². The van der Waals surface area contributed by atoms with Crippen molar-refractivity contribution in [2.75, 3.05) is 0 Å². The number of nitrogens with zero attached hydrogens (tertiary/aromatic N) is 1. The molecule has 0 N–H and O–H groups in total. The van der Waals surface area contributed by atoms with Crippen molar-refractivity contribution in [2.24, 2.45) is 0 Å². The van der Waals surface area contributed by atoms with E-state index in [-0.39, 0.29) is 5.75 Å². The van der Waals surface area contributed by atoms with Crippen LogP contribution in [0.3, 0.4) is 0 Å². The maximum atomic E-state index is 11.3. The third-order valence-electron chi connectivity index (χ3n) is 3.08. The highest BCUT2D eigenvalue weighted by Gasteiger charge is 2.27. The third kappa shape index (κ3) is 2.38. The molecule has 0 saturated carbocycles. The van der Waals surface area contributed by atoms with Crippen molar-refractivity contribution in [1.29, 1.82) is 0 Å². The monoisotopic (exact) mass is 303 g/mol. The van der Waals surface area contributed by atoms with E-state index in [1.54, 1.807) is 18.2 Å². The summed E-state index contributed by atoms with van der Waals surface area (Å²) in [5.74, 6) is -0.0602. The van der Waals surface area contributed by atoms with E-state index < -0.39 is 14.6 Å². The second-order valence-electron chi connectivity index (χ2n) is 4.41. The van der Waals surface area contributed by atoms with Gasteiger partial charge in [0.1, 0.15) is 0 Å². The standard InChI is InChI=1S/C14H9NO5S/c16-15(17)21(18,19)20-14-7-3-6-12-8-10-4-1-2-5-11(10)9-13(12)14/h1-9H. The summed E-state index contributed by atoms with van der Waals surface area (Å²) in [6.45, 7) is 0. The summed E-state index contributed by atoms with van der Waals surface area (Å²) in [6, 6.07) is 15.9. The summed E-state index contributed by atoms with van der Waals surface area (Å²) in [5, 5.41) is 13.6. The molecule has 6 nitrogen and oxygen atoms in total. The van der Waals surface area contributed by atoms with Gasteiger partial charge in [-0.15, -0.1) is 8.42 Å². The molecule has 0 aliphatic carbocycles. The molecule has 0 fully saturated rings. The van der Waals surface area contributed by atoms with Gasteiger partial charge in [0, 0.05) is 5.39 Å². The Morgan fingerprint density at radius 3 is 2.19 bits per heavy atom. The van der Waals surface area contributed by atoms with Crippen molar-refractivity contribution in [2.45, 2.75) is 0 Å². The summed E-state index contributed by atoms with van der Waals surface area (Å²) in [5.41, 5.74) is 0. The normalized spacial score (nSPS) is 11.6. The molecule has 0 atom stereocenters. The highest BCUT2D eigenvalue weighted by molar-refractivity contribution is 7.80. The lowest BCUT2D eigenvalue weighted by atomic mass is 10.0. The molecule has 0 aliphatic rings. The number of benzene rings is 3. The minimum Gasteiger partial charge on any atom is -0.329 e. The summed E-state index contributed by atoms with van der Waals surface area (Å²) in [4.78, 5) is 10.5. The Bertz CT molecular complexity index is 965. The second-order valence-corrected chi connectivity index (χ2v) is 5.73. The van der Waals surface area contributed by atoms with Crippen molar-refractivity contribution < 1.29 is 16.9 Å². The molecule has 0 bridgehead atoms. The van der Waals surface area contributed by atoms with Gasteiger partial charge in [0.2, 0.25) is 0 Å². The zero-order valence-electron chi connectivity index (χ0n) is 10.6. The summed E-state index contributed by atoms with van der Waals surface area (Å²) >= 11 is 0. The van der Waals surface area contributed by atoms with Crippen LogP contribution < -0.4 is 4.18 Å². The Kier molecular flexibility index (Phi) is 2.99. The van der Waals surface area contributed by atoms with Crippen LogP contribution in [0.4, 0.5) is 0 Å². The van der Waals surface area contributed by atoms with Gasteiger partial charge in [-0.25, -0.2) is 10.1 Å². The zero-order valence-corrected chi connectivity index (χ0v) is 11.4. The first kappa shape index (κ1) is 13.3. The number of hydrogen-bond acceptors (Lipinski definition) is 5. The van der Waals surface area contributed by atoms with Crippen LogP contribution in [0.2, 0.25) is 0 Å². The Hall–Kier alpha value is -2.67. The highest BCUT2D eigenvalue weighted by atomic mass is 32.2. The molecule has 7 heteroatoms. The molecular weight excluding hydrogens is 294 g/mol. The molecule has 3 aromatic rings. The van der Waals surface area contributed by atoms with Crippen LogP contribution >= 0.6 is 0 Å². The fraction of sp³-hybridized carbons (Fsp3) is 0. The van der Waals surface area contributed by atoms with E-state index in [0.717, 1.165) is 16.2 Å². The highest BCUT2D eigenvalue weighted by Crippen LogP contribution is 2.30. The Morgan fingerprint density at radius 1 is 0.905 bits per heavy atom. The Labute approximate surface area is 120 Å². The fourth-order valence-electron chi connectivity index (χ4n) is 2.15. The van der Waals surface area contributed by atoms with Crippen LogP contribution in [-0.2, 0) is 10.3 Å². The van der Waals surface area contributed by atoms with Crippen LogP contribution in [0.1, 0.15) is 0 Å². The van der Waals surface area contributed by atoms with Crippen LogP contribution in [-0.4, -0.2) is 12.7 Å². The van der Waals surface area contributed by atoms with E-state index in [2.05, 4.69) is 4.18 Å². The van der Waals surface area contributed by atoms with Gasteiger partial charge in [0.05, 0.1) is 0 Å². The first-order chi connectivity index (χ1) is 9.97. The van der Waals surface area contributed by atoms with Gasteiger partial charge >= 0.3 is 10.3 Å². The molecule has 106 valence electrons. The molecule has 0 aromatic heterocycles. The maximum absolute atomic E-state index is 11.3. The predicted molar refractivity (Wildman–Crippen MR) is 78.0 cm³/mol. The van der Waals surface area contributed by atoms with Crippen LogP contribution in [0, 0.1) is 10.1 Å². The smallest absolute Gasteiger partial charge is 0.329 e. The van der Waals surface area contributed by atoms with Crippen molar-refractivity contribution in [3.63, 3.8) is 0 Å². The molecule has 0 unspecified atom stereocenters. The SMILES string of the molecule is O=[N+]([O-])S(=O)(=O)Oc1cccc2cc3ccccc3cc12. The maximum Gasteiger partial charge on any atom is 0.617 e. The third-order valence-corrected chi connectivity index (χ3v) is 3.84. The lowest BCUT2D eigenvalue weighted by molar-refractivity contribution is -0.314. The van der Waals surface area contributed by atoms with Gasteiger partial charge in [0.25, 0.3) is 0 Å². The zero-order chi connectivity index (χ0) is 15.0. The molecular formula is C14H9NO5S. The van der Waals surface area contributed by atoms with Crippen LogP contribution in [0.15, 0.2) is 54.6 Å². The Morgan fingerprint density at radius 2 is 1.52 bits per heavy atom. The summed E-state index contributed by atoms with van der Waals surface area (Å²) < 4.78 is 25.7. The van der Waals surface area contributed by atoms with E-state index in [1.165, 1.54) is 6.07 Å². The fourth-order valence-corrected chi connectivity index (χ4v) is 2.59. The van der Waals surface area contributed by atoms with Gasteiger partial charge in [0.15, 0.2) is 10.1 Å². The number of nitro groups is 1. The molecule has 0 aliphatic heterocycles.